The number of carboxylic acid groups (broad SMARTS) is 1. The molecule has 1 heterocycles. The minimum absolute atomic E-state index is 0.344. The largest absolute Gasteiger partial charge is 0.477 e. The zero-order chi connectivity index (χ0) is 12.1. The maximum atomic E-state index is 10.9. The number of nitrogens with one attached hydrogen (secondary N) is 1. The smallest absolute Gasteiger partial charge is 0.346 e. The molecule has 16 heavy (non-hydrogen) atoms. The van der Waals surface area contributed by atoms with E-state index in [2.05, 4.69) is 17.1 Å². The second kappa shape index (κ2) is 5.98. The van der Waals surface area contributed by atoms with Gasteiger partial charge in [0.1, 0.15) is 4.88 Å². The number of hydrogen-bond acceptors (Lipinski definition) is 4. The summed E-state index contributed by atoms with van der Waals surface area (Å²) in [7, 11) is 4.04. The molecule has 0 aliphatic rings. The first-order chi connectivity index (χ1) is 7.50. The van der Waals surface area contributed by atoms with E-state index in [0.717, 1.165) is 12.1 Å². The van der Waals surface area contributed by atoms with Gasteiger partial charge < -0.3 is 15.3 Å². The third kappa shape index (κ3) is 3.92. The van der Waals surface area contributed by atoms with Gasteiger partial charge in [-0.1, -0.05) is 0 Å². The molecule has 0 aromatic carbocycles. The van der Waals surface area contributed by atoms with Crippen molar-refractivity contribution in [2.45, 2.75) is 19.5 Å². The number of aromatic carboxylic acids is 1. The predicted molar refractivity (Wildman–Crippen MR) is 66.1 cm³/mol. The summed E-state index contributed by atoms with van der Waals surface area (Å²) in [5.74, 6) is -0.841. The van der Waals surface area contributed by atoms with Gasteiger partial charge in [-0.3, -0.25) is 0 Å². The van der Waals surface area contributed by atoms with Crippen LogP contribution in [-0.4, -0.2) is 42.7 Å². The van der Waals surface area contributed by atoms with Crippen LogP contribution in [0, 0.1) is 0 Å². The van der Waals surface area contributed by atoms with Crippen LogP contribution in [0.5, 0.6) is 0 Å². The van der Waals surface area contributed by atoms with Crippen molar-refractivity contribution in [1.82, 2.24) is 10.2 Å². The van der Waals surface area contributed by atoms with Crippen molar-refractivity contribution in [3.8, 4) is 0 Å². The standard InChI is InChI=1S/C11H18N2O2S/c1-8(7-13(2)3)12-6-9-4-5-16-10(9)11(14)15/h4-5,8,12H,6-7H2,1-3H3,(H,14,15). The zero-order valence-electron chi connectivity index (χ0n) is 9.86. The lowest BCUT2D eigenvalue weighted by Crippen LogP contribution is -2.35. The maximum Gasteiger partial charge on any atom is 0.346 e. The number of likely N-dealkylation sites (N-methyl/N-ethyl adjacent to an activating group) is 1. The lowest BCUT2D eigenvalue weighted by Gasteiger charge is -2.18. The van der Waals surface area contributed by atoms with Crippen LogP contribution in [0.25, 0.3) is 0 Å². The third-order valence-electron chi connectivity index (χ3n) is 2.22. The third-order valence-corrected chi connectivity index (χ3v) is 3.17. The van der Waals surface area contributed by atoms with Gasteiger partial charge in [0, 0.05) is 19.1 Å². The number of carboxylic acids is 1. The Morgan fingerprint density at radius 3 is 2.88 bits per heavy atom. The van der Waals surface area contributed by atoms with Gasteiger partial charge >= 0.3 is 5.97 Å². The number of thiophene rings is 1. The van der Waals surface area contributed by atoms with Crippen molar-refractivity contribution in [2.75, 3.05) is 20.6 Å². The van der Waals surface area contributed by atoms with Crippen LogP contribution in [0.2, 0.25) is 0 Å². The van der Waals surface area contributed by atoms with Crippen LogP contribution in [0.4, 0.5) is 0 Å². The Morgan fingerprint density at radius 2 is 2.31 bits per heavy atom. The number of nitrogens with zero attached hydrogens (tertiary/aromatic N) is 1. The van der Waals surface area contributed by atoms with Gasteiger partial charge in [0.2, 0.25) is 0 Å². The van der Waals surface area contributed by atoms with Crippen molar-refractivity contribution in [3.05, 3.63) is 21.9 Å². The molecule has 1 rings (SSSR count). The second-order valence-corrected chi connectivity index (χ2v) is 5.04. The van der Waals surface area contributed by atoms with Crippen LogP contribution in [0.1, 0.15) is 22.2 Å². The highest BCUT2D eigenvalue weighted by molar-refractivity contribution is 7.12. The van der Waals surface area contributed by atoms with E-state index >= 15 is 0 Å². The molecule has 0 bridgehead atoms. The van der Waals surface area contributed by atoms with E-state index in [1.807, 2.05) is 25.5 Å². The molecule has 0 radical (unpaired) electrons. The van der Waals surface area contributed by atoms with Gasteiger partial charge in [-0.05, 0) is 38.0 Å². The van der Waals surface area contributed by atoms with Crippen molar-refractivity contribution in [2.24, 2.45) is 0 Å². The molecule has 0 saturated carbocycles. The quantitative estimate of drug-likeness (QED) is 0.793. The predicted octanol–water partition coefficient (Wildman–Crippen LogP) is 1.49. The van der Waals surface area contributed by atoms with Crippen LogP contribution in [0.3, 0.4) is 0 Å². The van der Waals surface area contributed by atoms with Crippen molar-refractivity contribution in [3.63, 3.8) is 0 Å². The number of rotatable bonds is 6. The topological polar surface area (TPSA) is 52.6 Å². The average molecular weight is 242 g/mol. The molecule has 2 N–H and O–H groups in total. The van der Waals surface area contributed by atoms with Gasteiger partial charge in [-0.15, -0.1) is 11.3 Å². The highest BCUT2D eigenvalue weighted by Gasteiger charge is 2.12. The van der Waals surface area contributed by atoms with Crippen LogP contribution >= 0.6 is 11.3 Å². The summed E-state index contributed by atoms with van der Waals surface area (Å²) in [5, 5.41) is 14.1. The van der Waals surface area contributed by atoms with Gasteiger partial charge in [0.15, 0.2) is 0 Å². The first-order valence-electron chi connectivity index (χ1n) is 5.18. The molecule has 1 unspecified atom stereocenters. The maximum absolute atomic E-state index is 10.9. The minimum atomic E-state index is -0.841. The molecule has 90 valence electrons. The van der Waals surface area contributed by atoms with Crippen LogP contribution < -0.4 is 5.32 Å². The molecule has 1 aromatic rings. The molecule has 5 heteroatoms. The molecular formula is C11H18N2O2S. The molecule has 0 aliphatic heterocycles. The Balaban J connectivity index is 2.48. The second-order valence-electron chi connectivity index (χ2n) is 4.12. The van der Waals surface area contributed by atoms with Crippen LogP contribution in [-0.2, 0) is 6.54 Å². The lowest BCUT2D eigenvalue weighted by molar-refractivity contribution is 0.0701. The highest BCUT2D eigenvalue weighted by Crippen LogP contribution is 2.16. The lowest BCUT2D eigenvalue weighted by atomic mass is 10.2. The Kier molecular flexibility index (Phi) is 4.92. The summed E-state index contributed by atoms with van der Waals surface area (Å²) in [4.78, 5) is 13.4. The molecule has 0 amide bonds. The first kappa shape index (κ1) is 13.2. The Bertz CT molecular complexity index is 350. The van der Waals surface area contributed by atoms with Crippen molar-refractivity contribution < 1.29 is 9.90 Å². The molecule has 0 aliphatic carbocycles. The van der Waals surface area contributed by atoms with Gasteiger partial charge in [0.25, 0.3) is 0 Å². The van der Waals surface area contributed by atoms with E-state index in [4.69, 9.17) is 5.11 Å². The van der Waals surface area contributed by atoms with E-state index in [-0.39, 0.29) is 0 Å². The van der Waals surface area contributed by atoms with E-state index < -0.39 is 5.97 Å². The van der Waals surface area contributed by atoms with E-state index in [1.54, 1.807) is 0 Å². The Morgan fingerprint density at radius 1 is 1.62 bits per heavy atom. The molecular weight excluding hydrogens is 224 g/mol. The van der Waals surface area contributed by atoms with Crippen molar-refractivity contribution in [1.29, 1.82) is 0 Å². The Hall–Kier alpha value is -0.910. The van der Waals surface area contributed by atoms with Gasteiger partial charge in [-0.2, -0.15) is 0 Å². The fourth-order valence-electron chi connectivity index (χ4n) is 1.56. The highest BCUT2D eigenvalue weighted by atomic mass is 32.1. The summed E-state index contributed by atoms with van der Waals surface area (Å²) < 4.78 is 0. The Labute approximate surface area is 99.9 Å². The summed E-state index contributed by atoms with van der Waals surface area (Å²) >= 11 is 1.27. The molecule has 1 aromatic heterocycles. The SMILES string of the molecule is CC(CN(C)C)NCc1ccsc1C(=O)O. The average Bonchev–Trinajstić information content (AvgIpc) is 2.61. The normalized spacial score (nSPS) is 13.0. The molecule has 0 saturated heterocycles. The van der Waals surface area contributed by atoms with E-state index in [1.165, 1.54) is 11.3 Å². The molecule has 1 atom stereocenters. The summed E-state index contributed by atoms with van der Waals surface area (Å²) in [6, 6.07) is 2.21. The number of hydrogen-bond donors (Lipinski definition) is 2. The minimum Gasteiger partial charge on any atom is -0.477 e. The van der Waals surface area contributed by atoms with E-state index in [0.29, 0.717) is 17.5 Å². The number of carbonyl (C=O) groups is 1. The van der Waals surface area contributed by atoms with Crippen molar-refractivity contribution >= 4 is 17.3 Å². The van der Waals surface area contributed by atoms with Gasteiger partial charge in [-0.25, -0.2) is 4.79 Å². The first-order valence-corrected chi connectivity index (χ1v) is 6.06. The van der Waals surface area contributed by atoms with Crippen LogP contribution in [0.15, 0.2) is 11.4 Å². The van der Waals surface area contributed by atoms with E-state index in [9.17, 15) is 4.79 Å². The monoisotopic (exact) mass is 242 g/mol. The molecule has 0 spiro atoms. The molecule has 4 nitrogen and oxygen atoms in total. The van der Waals surface area contributed by atoms with Gasteiger partial charge in [0.05, 0.1) is 0 Å². The molecule has 0 fully saturated rings. The zero-order valence-corrected chi connectivity index (χ0v) is 10.7. The summed E-state index contributed by atoms with van der Waals surface area (Å²) in [6.45, 7) is 3.64. The summed E-state index contributed by atoms with van der Waals surface area (Å²) in [5.41, 5.74) is 0.864. The fourth-order valence-corrected chi connectivity index (χ4v) is 2.32. The fraction of sp³-hybridized carbons (Fsp3) is 0.545. The summed E-state index contributed by atoms with van der Waals surface area (Å²) in [6.07, 6.45) is 0.